The maximum atomic E-state index is 10.6. The molecule has 0 aliphatic carbocycles. The number of anilines is 1. The van der Waals surface area contributed by atoms with Crippen molar-refractivity contribution >= 4 is 21.5 Å². The van der Waals surface area contributed by atoms with Gasteiger partial charge in [-0.3, -0.25) is 10.1 Å². The van der Waals surface area contributed by atoms with E-state index in [1.165, 1.54) is 19.0 Å². The van der Waals surface area contributed by atoms with E-state index in [2.05, 4.69) is 10.3 Å². The van der Waals surface area contributed by atoms with Crippen molar-refractivity contribution in [3.05, 3.63) is 16.3 Å². The van der Waals surface area contributed by atoms with E-state index < -0.39 is 4.92 Å². The maximum Gasteiger partial charge on any atom is 0.345 e. The third-order valence-corrected chi connectivity index (χ3v) is 3.98. The molecule has 2 heterocycles. The Labute approximate surface area is 104 Å². The highest BCUT2D eigenvalue weighted by atomic mass is 32.1. The molecule has 0 radical (unpaired) electrons. The smallest absolute Gasteiger partial charge is 0.345 e. The van der Waals surface area contributed by atoms with Crippen molar-refractivity contribution in [2.75, 3.05) is 31.6 Å². The Kier molecular flexibility index (Phi) is 3.90. The minimum Gasteiger partial charge on any atom is -0.351 e. The van der Waals surface area contributed by atoms with Gasteiger partial charge >= 0.3 is 5.00 Å². The highest BCUT2D eigenvalue weighted by molar-refractivity contribution is 7.18. The predicted molar refractivity (Wildman–Crippen MR) is 67.6 cm³/mol. The van der Waals surface area contributed by atoms with Crippen LogP contribution in [0.25, 0.3) is 0 Å². The van der Waals surface area contributed by atoms with Crippen LogP contribution in [0.15, 0.2) is 6.20 Å². The number of nitrogens with one attached hydrogen (secondary N) is 1. The van der Waals surface area contributed by atoms with Gasteiger partial charge < -0.3 is 10.2 Å². The number of hydrogen-bond donors (Lipinski definition) is 1. The molecular weight excluding hydrogens is 240 g/mol. The molecule has 0 spiro atoms. The van der Waals surface area contributed by atoms with E-state index in [0.717, 1.165) is 36.1 Å². The Balaban J connectivity index is 1.93. The van der Waals surface area contributed by atoms with Crippen molar-refractivity contribution in [1.82, 2.24) is 10.3 Å². The van der Waals surface area contributed by atoms with Crippen LogP contribution in [0.4, 0.5) is 10.1 Å². The van der Waals surface area contributed by atoms with Gasteiger partial charge in [-0.05, 0) is 43.2 Å². The zero-order valence-corrected chi connectivity index (χ0v) is 10.6. The number of hydrogen-bond acceptors (Lipinski definition) is 6. The van der Waals surface area contributed by atoms with Gasteiger partial charge in [-0.1, -0.05) is 0 Å². The lowest BCUT2D eigenvalue weighted by Gasteiger charge is -2.27. The molecule has 94 valence electrons. The van der Waals surface area contributed by atoms with E-state index in [9.17, 15) is 10.1 Å². The Bertz CT molecular complexity index is 389. The Hall–Kier alpha value is -1.21. The van der Waals surface area contributed by atoms with Crippen LogP contribution < -0.4 is 10.2 Å². The van der Waals surface area contributed by atoms with Crippen molar-refractivity contribution in [2.24, 2.45) is 5.92 Å². The van der Waals surface area contributed by atoms with Crippen molar-refractivity contribution < 1.29 is 4.92 Å². The van der Waals surface area contributed by atoms with Gasteiger partial charge in [0.2, 0.25) is 0 Å². The van der Waals surface area contributed by atoms with Crippen LogP contribution in [0.2, 0.25) is 0 Å². The number of rotatable bonds is 4. The topological polar surface area (TPSA) is 71.3 Å². The molecule has 0 amide bonds. The number of nitrogens with zero attached hydrogens (tertiary/aromatic N) is 3. The fourth-order valence-corrected chi connectivity index (χ4v) is 2.77. The van der Waals surface area contributed by atoms with Crippen LogP contribution in [0.3, 0.4) is 0 Å². The van der Waals surface area contributed by atoms with Crippen LogP contribution in [0.5, 0.6) is 0 Å². The van der Waals surface area contributed by atoms with Gasteiger partial charge in [0.1, 0.15) is 6.20 Å². The number of thiazole rings is 1. The summed E-state index contributed by atoms with van der Waals surface area (Å²) in [6.45, 7) is 3.03. The third-order valence-electron chi connectivity index (χ3n) is 2.92. The summed E-state index contributed by atoms with van der Waals surface area (Å²) < 4.78 is 0. The van der Waals surface area contributed by atoms with Gasteiger partial charge in [-0.25, -0.2) is 4.98 Å². The molecule has 1 aromatic rings. The first-order chi connectivity index (χ1) is 8.16. The summed E-state index contributed by atoms with van der Waals surface area (Å²) in [5.41, 5.74) is 0. The first-order valence-electron chi connectivity index (χ1n) is 5.69. The second-order valence-corrected chi connectivity index (χ2v) is 5.32. The molecule has 1 saturated heterocycles. The molecule has 1 aromatic heterocycles. The quantitative estimate of drug-likeness (QED) is 0.652. The summed E-state index contributed by atoms with van der Waals surface area (Å²) in [5, 5.41) is 14.8. The lowest BCUT2D eigenvalue weighted by atomic mass is 9.99. The van der Waals surface area contributed by atoms with E-state index in [-0.39, 0.29) is 5.00 Å². The molecule has 1 fully saturated rings. The molecule has 1 N–H and O–H groups in total. The summed E-state index contributed by atoms with van der Waals surface area (Å²) in [6, 6.07) is 0. The average Bonchev–Trinajstić information content (AvgIpc) is 2.79. The van der Waals surface area contributed by atoms with E-state index >= 15 is 0 Å². The Morgan fingerprint density at radius 1 is 1.76 bits per heavy atom. The fraction of sp³-hybridized carbons (Fsp3) is 0.700. The average molecular weight is 256 g/mol. The summed E-state index contributed by atoms with van der Waals surface area (Å²) in [4.78, 5) is 16.3. The van der Waals surface area contributed by atoms with Gasteiger partial charge in [0.05, 0.1) is 4.92 Å². The normalized spacial score (nSPS) is 20.2. The van der Waals surface area contributed by atoms with Crippen LogP contribution in [0, 0.1) is 16.0 Å². The summed E-state index contributed by atoms with van der Waals surface area (Å²) >= 11 is 1.13. The van der Waals surface area contributed by atoms with E-state index in [1.54, 1.807) is 0 Å². The fourth-order valence-electron chi connectivity index (χ4n) is 2.06. The van der Waals surface area contributed by atoms with Gasteiger partial charge in [0.15, 0.2) is 5.13 Å². The van der Waals surface area contributed by atoms with Gasteiger partial charge in [-0.2, -0.15) is 0 Å². The van der Waals surface area contributed by atoms with E-state index in [0.29, 0.717) is 5.92 Å². The molecule has 1 aliphatic heterocycles. The van der Waals surface area contributed by atoms with Crippen LogP contribution in [-0.4, -0.2) is 36.6 Å². The highest BCUT2D eigenvalue weighted by Gasteiger charge is 2.19. The molecular formula is C10H16N4O2S. The van der Waals surface area contributed by atoms with E-state index in [1.807, 2.05) is 11.9 Å². The summed E-state index contributed by atoms with van der Waals surface area (Å²) in [6.07, 6.45) is 3.75. The second kappa shape index (κ2) is 5.42. The molecule has 0 bridgehead atoms. The Morgan fingerprint density at radius 2 is 2.59 bits per heavy atom. The SMILES string of the molecule is CN(CC1CCCNC1)c1ncc([N+](=O)[O-])s1. The number of aromatic nitrogens is 1. The minimum atomic E-state index is -0.392. The van der Waals surface area contributed by atoms with Gasteiger partial charge in [0.25, 0.3) is 0 Å². The van der Waals surface area contributed by atoms with Crippen molar-refractivity contribution in [3.63, 3.8) is 0 Å². The van der Waals surface area contributed by atoms with Crippen molar-refractivity contribution in [2.45, 2.75) is 12.8 Å². The molecule has 2 rings (SSSR count). The lowest BCUT2D eigenvalue weighted by molar-refractivity contribution is -0.380. The molecule has 7 heteroatoms. The van der Waals surface area contributed by atoms with Gasteiger partial charge in [0, 0.05) is 13.6 Å². The summed E-state index contributed by atoms with van der Waals surface area (Å²) in [5.74, 6) is 0.608. The third kappa shape index (κ3) is 3.13. The number of nitro groups is 1. The van der Waals surface area contributed by atoms with Crippen LogP contribution in [0.1, 0.15) is 12.8 Å². The maximum absolute atomic E-state index is 10.6. The molecule has 17 heavy (non-hydrogen) atoms. The molecule has 1 atom stereocenters. The molecule has 1 unspecified atom stereocenters. The zero-order chi connectivity index (χ0) is 12.3. The standard InChI is InChI=1S/C10H16N4O2S/c1-13(7-8-3-2-4-11-5-8)10-12-6-9(17-10)14(15)16/h6,8,11H,2-5,7H2,1H3. The summed E-state index contributed by atoms with van der Waals surface area (Å²) in [7, 11) is 1.94. The van der Waals surface area contributed by atoms with Crippen LogP contribution in [-0.2, 0) is 0 Å². The van der Waals surface area contributed by atoms with Crippen molar-refractivity contribution in [3.8, 4) is 0 Å². The lowest BCUT2D eigenvalue weighted by Crippen LogP contribution is -2.36. The van der Waals surface area contributed by atoms with Crippen molar-refractivity contribution in [1.29, 1.82) is 0 Å². The molecule has 6 nitrogen and oxygen atoms in total. The highest BCUT2D eigenvalue weighted by Crippen LogP contribution is 2.28. The number of piperidine rings is 1. The van der Waals surface area contributed by atoms with Gasteiger partial charge in [-0.15, -0.1) is 0 Å². The first kappa shape index (κ1) is 12.3. The van der Waals surface area contributed by atoms with Crippen LogP contribution >= 0.6 is 11.3 Å². The van der Waals surface area contributed by atoms with E-state index in [4.69, 9.17) is 0 Å². The largest absolute Gasteiger partial charge is 0.351 e. The molecule has 0 saturated carbocycles. The Morgan fingerprint density at radius 3 is 3.18 bits per heavy atom. The zero-order valence-electron chi connectivity index (χ0n) is 9.76. The molecule has 1 aliphatic rings. The first-order valence-corrected chi connectivity index (χ1v) is 6.50. The second-order valence-electron chi connectivity index (χ2n) is 4.33. The monoisotopic (exact) mass is 256 g/mol. The molecule has 0 aromatic carbocycles. The minimum absolute atomic E-state index is 0.105. The predicted octanol–water partition coefficient (Wildman–Crippen LogP) is 1.49.